The molecule has 1 N–H and O–H groups in total. The number of hydrogen-bond acceptors (Lipinski definition) is 6. The Morgan fingerprint density at radius 3 is 3.00 bits per heavy atom. The predicted octanol–water partition coefficient (Wildman–Crippen LogP) is 2.67. The molecule has 1 aromatic heterocycles. The number of carbonyl (C=O) groups is 1. The molecule has 7 heteroatoms. The Hall–Kier alpha value is -2.12. The van der Waals surface area contributed by atoms with Crippen molar-refractivity contribution in [1.29, 1.82) is 0 Å². The molecule has 2 heterocycles. The Bertz CT molecular complexity index is 608. The van der Waals surface area contributed by atoms with E-state index in [-0.39, 0.29) is 12.2 Å². The summed E-state index contributed by atoms with van der Waals surface area (Å²) in [4.78, 5) is 17.9. The number of likely N-dealkylation sites (tertiary alicyclic amines) is 1. The van der Waals surface area contributed by atoms with Crippen molar-refractivity contribution in [3.63, 3.8) is 0 Å². The van der Waals surface area contributed by atoms with Gasteiger partial charge in [0, 0.05) is 32.3 Å². The normalized spacial score (nSPS) is 19.5. The van der Waals surface area contributed by atoms with E-state index in [0.717, 1.165) is 18.4 Å². The third kappa shape index (κ3) is 6.31. The smallest absolute Gasteiger partial charge is 0.412 e. The molecule has 0 radical (unpaired) electrons. The van der Waals surface area contributed by atoms with Crippen molar-refractivity contribution >= 4 is 12.2 Å². The van der Waals surface area contributed by atoms with E-state index >= 15 is 0 Å². The van der Waals surface area contributed by atoms with E-state index in [1.807, 2.05) is 19.2 Å². The number of hydrogen-bond donors (Lipinski definition) is 1. The van der Waals surface area contributed by atoms with Gasteiger partial charge >= 0.3 is 6.09 Å². The average molecular weight is 363 g/mol. The molecular formula is C19H29N3O4. The summed E-state index contributed by atoms with van der Waals surface area (Å²) < 4.78 is 16.1. The number of ether oxygens (including phenoxy) is 3. The van der Waals surface area contributed by atoms with E-state index in [1.165, 1.54) is 7.11 Å². The van der Waals surface area contributed by atoms with Crippen LogP contribution in [0.25, 0.3) is 6.08 Å². The van der Waals surface area contributed by atoms with Crippen LogP contribution < -0.4 is 10.1 Å². The molecule has 1 aromatic rings. The molecule has 3 atom stereocenters. The summed E-state index contributed by atoms with van der Waals surface area (Å²) in [5.74, 6) is 0.708. The molecular weight excluding hydrogens is 334 g/mol. The zero-order valence-electron chi connectivity index (χ0n) is 16.0. The van der Waals surface area contributed by atoms with Gasteiger partial charge in [0.1, 0.15) is 11.9 Å². The zero-order chi connectivity index (χ0) is 18.9. The van der Waals surface area contributed by atoms with Gasteiger partial charge in [-0.3, -0.25) is 4.98 Å². The fourth-order valence-electron chi connectivity index (χ4n) is 2.56. The molecule has 2 rings (SSSR count). The highest BCUT2D eigenvalue weighted by Gasteiger charge is 2.29. The Balaban J connectivity index is 1.85. The number of amides is 1. The van der Waals surface area contributed by atoms with Crippen LogP contribution in [0, 0.1) is 0 Å². The molecule has 1 aliphatic rings. The summed E-state index contributed by atoms with van der Waals surface area (Å²) >= 11 is 0. The highest BCUT2D eigenvalue weighted by Crippen LogP contribution is 2.20. The van der Waals surface area contributed by atoms with Crippen molar-refractivity contribution in [2.24, 2.45) is 0 Å². The number of aromatic nitrogens is 1. The first kappa shape index (κ1) is 20.2. The number of carbonyl (C=O) groups excluding carboxylic acids is 1. The quantitative estimate of drug-likeness (QED) is 0.716. The van der Waals surface area contributed by atoms with Crippen molar-refractivity contribution in [3.05, 3.63) is 30.1 Å². The van der Waals surface area contributed by atoms with E-state index in [4.69, 9.17) is 14.2 Å². The minimum absolute atomic E-state index is 0.0641. The maximum absolute atomic E-state index is 12.0. The van der Waals surface area contributed by atoms with Crippen LogP contribution in [0.3, 0.4) is 0 Å². The molecule has 1 unspecified atom stereocenters. The van der Waals surface area contributed by atoms with Crippen LogP contribution in [0.4, 0.5) is 4.79 Å². The van der Waals surface area contributed by atoms with E-state index in [1.54, 1.807) is 24.2 Å². The van der Waals surface area contributed by atoms with Gasteiger partial charge in [0.25, 0.3) is 0 Å². The SMILES string of the molecule is CN[C@@H](C)C/C=C/c1cncc(O[C@H]2CCN(C(=O)OC(C)OC)C2)c1. The summed E-state index contributed by atoms with van der Waals surface area (Å²) in [7, 11) is 3.45. The lowest BCUT2D eigenvalue weighted by atomic mass is 10.2. The predicted molar refractivity (Wildman–Crippen MR) is 100.0 cm³/mol. The maximum Gasteiger partial charge on any atom is 0.412 e. The summed E-state index contributed by atoms with van der Waals surface area (Å²) in [5.41, 5.74) is 0.994. The number of rotatable bonds is 8. The lowest BCUT2D eigenvalue weighted by molar-refractivity contribution is -0.0768. The van der Waals surface area contributed by atoms with Crippen LogP contribution in [0.1, 0.15) is 32.3 Å². The zero-order valence-corrected chi connectivity index (χ0v) is 16.0. The monoisotopic (exact) mass is 363 g/mol. The summed E-state index contributed by atoms with van der Waals surface area (Å²) in [5, 5.41) is 3.20. The number of nitrogens with zero attached hydrogens (tertiary/aromatic N) is 2. The van der Waals surface area contributed by atoms with Crippen molar-refractivity contribution in [2.75, 3.05) is 27.2 Å². The van der Waals surface area contributed by atoms with Gasteiger partial charge in [0.05, 0.1) is 12.7 Å². The van der Waals surface area contributed by atoms with Gasteiger partial charge in [0.15, 0.2) is 0 Å². The van der Waals surface area contributed by atoms with Crippen molar-refractivity contribution in [3.8, 4) is 5.75 Å². The fraction of sp³-hybridized carbons (Fsp3) is 0.579. The van der Waals surface area contributed by atoms with Gasteiger partial charge in [0.2, 0.25) is 6.29 Å². The van der Waals surface area contributed by atoms with Crippen molar-refractivity contribution < 1.29 is 19.0 Å². The largest absolute Gasteiger partial charge is 0.487 e. The molecule has 1 saturated heterocycles. The Labute approximate surface area is 155 Å². The van der Waals surface area contributed by atoms with Crippen LogP contribution >= 0.6 is 0 Å². The second-order valence-corrected chi connectivity index (χ2v) is 6.44. The molecule has 7 nitrogen and oxygen atoms in total. The molecule has 1 fully saturated rings. The van der Waals surface area contributed by atoms with Crippen molar-refractivity contribution in [2.45, 2.75) is 45.1 Å². The Kier molecular flexibility index (Phi) is 7.87. The Morgan fingerprint density at radius 1 is 1.46 bits per heavy atom. The third-order valence-corrected chi connectivity index (χ3v) is 4.33. The maximum atomic E-state index is 12.0. The highest BCUT2D eigenvalue weighted by atomic mass is 16.7. The van der Waals surface area contributed by atoms with Gasteiger partial charge in [-0.25, -0.2) is 4.79 Å². The molecule has 0 aromatic carbocycles. The average Bonchev–Trinajstić information content (AvgIpc) is 3.10. The Morgan fingerprint density at radius 2 is 2.27 bits per heavy atom. The first-order valence-electron chi connectivity index (χ1n) is 8.95. The van der Waals surface area contributed by atoms with E-state index in [9.17, 15) is 4.79 Å². The van der Waals surface area contributed by atoms with E-state index < -0.39 is 6.29 Å². The lowest BCUT2D eigenvalue weighted by Gasteiger charge is -2.19. The first-order chi connectivity index (χ1) is 12.5. The summed E-state index contributed by atoms with van der Waals surface area (Å²) in [6.07, 6.45) is 8.37. The molecule has 26 heavy (non-hydrogen) atoms. The van der Waals surface area contributed by atoms with Crippen LogP contribution in [0.15, 0.2) is 24.5 Å². The number of nitrogens with one attached hydrogen (secondary N) is 1. The number of methoxy groups -OCH3 is 1. The first-order valence-corrected chi connectivity index (χ1v) is 8.95. The number of pyridine rings is 1. The van der Waals surface area contributed by atoms with Crippen LogP contribution in [-0.2, 0) is 9.47 Å². The topological polar surface area (TPSA) is 72.9 Å². The molecule has 0 aliphatic carbocycles. The fourth-order valence-corrected chi connectivity index (χ4v) is 2.56. The summed E-state index contributed by atoms with van der Waals surface area (Å²) in [6.45, 7) is 4.92. The second kappa shape index (κ2) is 10.1. The molecule has 0 spiro atoms. The molecule has 0 saturated carbocycles. The third-order valence-electron chi connectivity index (χ3n) is 4.33. The standard InChI is InChI=1S/C19H29N3O4/c1-14(20-3)6-5-7-16-10-18(12-21-11-16)26-17-8-9-22(13-17)19(23)25-15(2)24-4/h5,7,10-12,14-15,17,20H,6,8-9,13H2,1-4H3/b7-5+/t14-,15?,17-/m0/s1. The van der Waals surface area contributed by atoms with Gasteiger partial charge < -0.3 is 24.4 Å². The highest BCUT2D eigenvalue weighted by molar-refractivity contribution is 5.68. The van der Waals surface area contributed by atoms with Gasteiger partial charge in [-0.2, -0.15) is 0 Å². The van der Waals surface area contributed by atoms with Crippen LogP contribution in [-0.4, -0.2) is 61.7 Å². The summed E-state index contributed by atoms with van der Waals surface area (Å²) in [6, 6.07) is 2.39. The minimum Gasteiger partial charge on any atom is -0.487 e. The van der Waals surface area contributed by atoms with Crippen LogP contribution in [0.5, 0.6) is 5.75 Å². The minimum atomic E-state index is -0.555. The molecule has 1 aliphatic heterocycles. The van der Waals surface area contributed by atoms with E-state index in [2.05, 4.69) is 23.3 Å². The van der Waals surface area contributed by atoms with E-state index in [0.29, 0.717) is 24.9 Å². The van der Waals surface area contributed by atoms with Gasteiger partial charge in [-0.05, 0) is 38.9 Å². The van der Waals surface area contributed by atoms with Gasteiger partial charge in [-0.1, -0.05) is 12.2 Å². The lowest BCUT2D eigenvalue weighted by Crippen LogP contribution is -2.33. The molecule has 0 bridgehead atoms. The van der Waals surface area contributed by atoms with Gasteiger partial charge in [-0.15, -0.1) is 0 Å². The van der Waals surface area contributed by atoms with Crippen LogP contribution in [0.2, 0.25) is 0 Å². The second-order valence-electron chi connectivity index (χ2n) is 6.44. The van der Waals surface area contributed by atoms with Crippen molar-refractivity contribution in [1.82, 2.24) is 15.2 Å². The molecule has 144 valence electrons. The molecule has 1 amide bonds.